The summed E-state index contributed by atoms with van der Waals surface area (Å²) in [7, 11) is 0. The third-order valence-corrected chi connectivity index (χ3v) is 3.21. The molecule has 0 spiro atoms. The average molecular weight is 402 g/mol. The number of aliphatic hydroxyl groups excluding tert-OH is 7. The minimum Gasteiger partial charge on any atom is -0.479 e. The Morgan fingerprint density at radius 1 is 0.519 bits per heavy atom. The molecule has 0 aliphatic carbocycles. The predicted molar refractivity (Wildman–Crippen MR) is 74.8 cm³/mol. The van der Waals surface area contributed by atoms with Crippen LogP contribution < -0.4 is 0 Å². The monoisotopic (exact) mass is 402 g/mol. The highest BCUT2D eigenvalue weighted by Crippen LogP contribution is 2.13. The van der Waals surface area contributed by atoms with E-state index >= 15 is 0 Å². The second-order valence-corrected chi connectivity index (χ2v) is 5.17. The summed E-state index contributed by atoms with van der Waals surface area (Å²) in [6, 6.07) is 0. The molecule has 0 unspecified atom stereocenters. The van der Waals surface area contributed by atoms with E-state index in [1.807, 2.05) is 0 Å². The predicted octanol–water partition coefficient (Wildman–Crippen LogP) is -6.32. The van der Waals surface area contributed by atoms with Crippen LogP contribution >= 0.6 is 0 Å². The van der Waals surface area contributed by atoms with Gasteiger partial charge in [0.05, 0.1) is 0 Å². The van der Waals surface area contributed by atoms with Crippen LogP contribution in [0, 0.1) is 0 Å². The lowest BCUT2D eigenvalue weighted by atomic mass is 10.0. The molecule has 15 nitrogen and oxygen atoms in total. The van der Waals surface area contributed by atoms with Crippen LogP contribution in [0.3, 0.4) is 0 Å². The normalized spacial score (nSPS) is 20.3. The Balaban J connectivity index is 5.25. The van der Waals surface area contributed by atoms with Gasteiger partial charge in [0.2, 0.25) is 6.10 Å². The Labute approximate surface area is 148 Å². The fourth-order valence-corrected chi connectivity index (χ4v) is 1.63. The molecule has 15 heteroatoms. The van der Waals surface area contributed by atoms with Crippen molar-refractivity contribution < 1.29 is 75.0 Å². The van der Waals surface area contributed by atoms with E-state index in [2.05, 4.69) is 4.74 Å². The summed E-state index contributed by atoms with van der Waals surface area (Å²) in [4.78, 5) is 43.6. The van der Waals surface area contributed by atoms with Gasteiger partial charge in [-0.25, -0.2) is 19.2 Å². The third kappa shape index (κ3) is 6.36. The van der Waals surface area contributed by atoms with Crippen molar-refractivity contribution in [3.8, 4) is 0 Å². The van der Waals surface area contributed by atoms with Gasteiger partial charge >= 0.3 is 23.9 Å². The highest BCUT2D eigenvalue weighted by Gasteiger charge is 2.44. The molecule has 0 heterocycles. The molecular formula is C12H18O15. The zero-order valence-corrected chi connectivity index (χ0v) is 13.1. The number of carbonyl (C=O) groups is 4. The molecular weight excluding hydrogens is 384 g/mol. The molecule has 0 rings (SSSR count). The molecule has 0 saturated carbocycles. The maximum Gasteiger partial charge on any atom is 0.347 e. The van der Waals surface area contributed by atoms with Crippen molar-refractivity contribution >= 4 is 23.9 Å². The summed E-state index contributed by atoms with van der Waals surface area (Å²) < 4.78 is 4.10. The summed E-state index contributed by atoms with van der Waals surface area (Å²) in [6.07, 6.45) is -21.5. The largest absolute Gasteiger partial charge is 0.479 e. The first-order valence-electron chi connectivity index (χ1n) is 6.89. The van der Waals surface area contributed by atoms with Crippen LogP contribution in [0.1, 0.15) is 0 Å². The second kappa shape index (κ2) is 10.1. The van der Waals surface area contributed by atoms with E-state index in [1.165, 1.54) is 0 Å². The molecule has 27 heavy (non-hydrogen) atoms. The Bertz CT molecular complexity index is 561. The minimum atomic E-state index is -2.82. The lowest BCUT2D eigenvalue weighted by Gasteiger charge is -2.27. The molecule has 0 aromatic carbocycles. The van der Waals surface area contributed by atoms with Gasteiger partial charge in [-0.1, -0.05) is 0 Å². The van der Waals surface area contributed by atoms with E-state index in [1.54, 1.807) is 0 Å². The summed E-state index contributed by atoms with van der Waals surface area (Å²) in [6.45, 7) is 0. The molecule has 0 aliphatic rings. The number of hydrogen-bond donors (Lipinski definition) is 10. The molecule has 0 amide bonds. The number of aliphatic carboxylic acids is 3. The van der Waals surface area contributed by atoms with Crippen molar-refractivity contribution in [1.82, 2.24) is 0 Å². The second-order valence-electron chi connectivity index (χ2n) is 5.17. The number of carboxylic acids is 3. The number of esters is 1. The van der Waals surface area contributed by atoms with Crippen LogP contribution in [0.2, 0.25) is 0 Å². The van der Waals surface area contributed by atoms with Crippen molar-refractivity contribution in [2.45, 2.75) is 48.8 Å². The Kier molecular flexibility index (Phi) is 9.17. The van der Waals surface area contributed by atoms with Gasteiger partial charge in [-0.05, 0) is 0 Å². The number of aliphatic hydroxyl groups is 7. The van der Waals surface area contributed by atoms with Crippen LogP contribution in [-0.2, 0) is 23.9 Å². The van der Waals surface area contributed by atoms with Gasteiger partial charge in [-0.15, -0.1) is 0 Å². The Morgan fingerprint density at radius 3 is 1.19 bits per heavy atom. The first kappa shape index (κ1) is 24.6. The van der Waals surface area contributed by atoms with Gasteiger partial charge < -0.3 is 55.8 Å². The first-order chi connectivity index (χ1) is 12.2. The molecule has 8 atom stereocenters. The number of hydrogen-bond acceptors (Lipinski definition) is 12. The van der Waals surface area contributed by atoms with E-state index in [9.17, 15) is 44.7 Å². The quantitative estimate of drug-likeness (QED) is 0.144. The van der Waals surface area contributed by atoms with Crippen LogP contribution in [0.5, 0.6) is 0 Å². The fraction of sp³-hybridized carbons (Fsp3) is 0.667. The van der Waals surface area contributed by atoms with Crippen molar-refractivity contribution in [2.24, 2.45) is 0 Å². The number of rotatable bonds is 11. The standard InChI is InChI=1S/C12H18O15/c13-1(5(17)9(20)21)2(14)7(19)12(26)27-8(11(24)25)4(16)3(15)6(18)10(22)23/h1-8,13-19H,(H,20,21)(H,22,23)(H,24,25)/t1-,2-,3+,4-,5-,6-,7+,8+/m0/s1. The summed E-state index contributed by atoms with van der Waals surface area (Å²) in [5, 5.41) is 91.0. The Hall–Kier alpha value is -2.40. The lowest BCUT2D eigenvalue weighted by molar-refractivity contribution is -0.196. The Morgan fingerprint density at radius 2 is 0.852 bits per heavy atom. The van der Waals surface area contributed by atoms with Crippen molar-refractivity contribution in [2.75, 3.05) is 0 Å². The fourth-order valence-electron chi connectivity index (χ4n) is 1.63. The smallest absolute Gasteiger partial charge is 0.347 e. The first-order valence-corrected chi connectivity index (χ1v) is 6.89. The van der Waals surface area contributed by atoms with Crippen molar-refractivity contribution in [1.29, 1.82) is 0 Å². The van der Waals surface area contributed by atoms with Gasteiger partial charge in [0.25, 0.3) is 0 Å². The van der Waals surface area contributed by atoms with Crippen LogP contribution in [0.4, 0.5) is 0 Å². The zero-order chi connectivity index (χ0) is 21.6. The van der Waals surface area contributed by atoms with Gasteiger partial charge in [0, 0.05) is 0 Å². The van der Waals surface area contributed by atoms with Crippen LogP contribution in [0.15, 0.2) is 0 Å². The maximum absolute atomic E-state index is 11.6. The van der Waals surface area contributed by atoms with Gasteiger partial charge in [0.15, 0.2) is 18.3 Å². The topological polar surface area (TPSA) is 280 Å². The van der Waals surface area contributed by atoms with Crippen molar-refractivity contribution in [3.63, 3.8) is 0 Å². The molecule has 0 bridgehead atoms. The number of carboxylic acid groups (broad SMARTS) is 3. The highest BCUT2D eigenvalue weighted by molar-refractivity contribution is 5.81. The minimum absolute atomic E-state index is 2.04. The van der Waals surface area contributed by atoms with E-state index in [0.29, 0.717) is 0 Å². The summed E-state index contributed by atoms with van der Waals surface area (Å²) in [5.74, 6) is -8.31. The molecule has 0 aromatic heterocycles. The highest BCUT2D eigenvalue weighted by atomic mass is 16.6. The van der Waals surface area contributed by atoms with E-state index in [0.717, 1.165) is 0 Å². The third-order valence-electron chi connectivity index (χ3n) is 3.21. The summed E-state index contributed by atoms with van der Waals surface area (Å²) >= 11 is 0. The molecule has 0 aliphatic heterocycles. The molecule has 0 saturated heterocycles. The van der Waals surface area contributed by atoms with E-state index in [-0.39, 0.29) is 0 Å². The van der Waals surface area contributed by atoms with Crippen molar-refractivity contribution in [3.05, 3.63) is 0 Å². The maximum atomic E-state index is 11.6. The van der Waals surface area contributed by atoms with E-state index in [4.69, 9.17) is 25.5 Å². The van der Waals surface area contributed by atoms with Gasteiger partial charge in [0.1, 0.15) is 24.4 Å². The van der Waals surface area contributed by atoms with Gasteiger partial charge in [-0.2, -0.15) is 0 Å². The van der Waals surface area contributed by atoms with Gasteiger partial charge in [-0.3, -0.25) is 0 Å². The summed E-state index contributed by atoms with van der Waals surface area (Å²) in [5.41, 5.74) is 0. The lowest BCUT2D eigenvalue weighted by Crippen LogP contribution is -2.54. The average Bonchev–Trinajstić information content (AvgIpc) is 2.60. The number of ether oxygens (including phenoxy) is 1. The zero-order valence-electron chi connectivity index (χ0n) is 13.1. The molecule has 10 N–H and O–H groups in total. The van der Waals surface area contributed by atoms with E-state index < -0.39 is 72.7 Å². The molecule has 0 aromatic rings. The SMILES string of the molecule is O=C(O)[C@@H](O)[C@H](O)[C@H](O)[C@@H](OC(=O)[C@H](O)[C@@H](O)[C@H](O)[C@H](O)C(=O)O)C(=O)O. The van der Waals surface area contributed by atoms with Crippen LogP contribution in [0.25, 0.3) is 0 Å². The molecule has 0 fully saturated rings. The molecule has 156 valence electrons. The number of carbonyl (C=O) groups excluding carboxylic acids is 1. The van der Waals surface area contributed by atoms with Crippen LogP contribution in [-0.4, -0.2) is 124 Å². The molecule has 0 radical (unpaired) electrons.